The molecule has 0 aromatic heterocycles. The number of ether oxygens (including phenoxy) is 1. The van der Waals surface area contributed by atoms with E-state index >= 15 is 0 Å². The van der Waals surface area contributed by atoms with Gasteiger partial charge in [-0.25, -0.2) is 0 Å². The van der Waals surface area contributed by atoms with E-state index in [2.05, 4.69) is 4.90 Å². The van der Waals surface area contributed by atoms with Crippen molar-refractivity contribution in [1.82, 2.24) is 4.90 Å². The molecule has 2 heterocycles. The van der Waals surface area contributed by atoms with E-state index in [1.807, 2.05) is 0 Å². The van der Waals surface area contributed by atoms with Gasteiger partial charge in [0, 0.05) is 25.6 Å². The van der Waals surface area contributed by atoms with Crippen LogP contribution < -0.4 is 0 Å². The van der Waals surface area contributed by atoms with Crippen LogP contribution in [0.1, 0.15) is 58.3 Å². The molecule has 2 aliphatic rings. The van der Waals surface area contributed by atoms with Gasteiger partial charge in [-0.15, -0.1) is 0 Å². The lowest BCUT2D eigenvalue weighted by atomic mass is 10.0. The smallest absolute Gasteiger partial charge is 0.131 e. The van der Waals surface area contributed by atoms with Gasteiger partial charge in [0.15, 0.2) is 0 Å². The largest absolute Gasteiger partial charge is 0.377 e. The summed E-state index contributed by atoms with van der Waals surface area (Å²) >= 11 is 0. The van der Waals surface area contributed by atoms with E-state index in [-0.39, 0.29) is 0 Å². The van der Waals surface area contributed by atoms with E-state index in [4.69, 9.17) is 4.74 Å². The van der Waals surface area contributed by atoms with Crippen LogP contribution in [-0.4, -0.2) is 42.5 Å². The fourth-order valence-electron chi connectivity index (χ4n) is 3.25. The number of rotatable bonds is 4. The van der Waals surface area contributed by atoms with E-state index in [9.17, 15) is 4.79 Å². The zero-order valence-corrected chi connectivity index (χ0v) is 11.7. The molecule has 0 amide bonds. The molecule has 2 saturated heterocycles. The third-order valence-corrected chi connectivity index (χ3v) is 4.23. The molecular weight excluding hydrogens is 226 g/mol. The predicted molar refractivity (Wildman–Crippen MR) is 72.7 cm³/mol. The average molecular weight is 253 g/mol. The minimum atomic E-state index is 0.330. The van der Waals surface area contributed by atoms with Crippen molar-refractivity contribution in [3.63, 3.8) is 0 Å². The van der Waals surface area contributed by atoms with Crippen molar-refractivity contribution in [1.29, 1.82) is 0 Å². The molecule has 2 rings (SSSR count). The highest BCUT2D eigenvalue weighted by molar-refractivity contribution is 5.76. The molecular formula is C15H27NO2. The molecule has 2 atom stereocenters. The van der Waals surface area contributed by atoms with Gasteiger partial charge in [0.1, 0.15) is 5.78 Å². The Bertz CT molecular complexity index is 261. The van der Waals surface area contributed by atoms with Crippen molar-refractivity contribution in [2.24, 2.45) is 0 Å². The fraction of sp³-hybridized carbons (Fsp3) is 0.933. The Labute approximate surface area is 111 Å². The average Bonchev–Trinajstić information content (AvgIpc) is 2.56. The van der Waals surface area contributed by atoms with Crippen LogP contribution in [0, 0.1) is 0 Å². The first-order valence-electron chi connectivity index (χ1n) is 7.61. The van der Waals surface area contributed by atoms with Crippen molar-refractivity contribution in [3.05, 3.63) is 0 Å². The lowest BCUT2D eigenvalue weighted by molar-refractivity contribution is -0.118. The van der Waals surface area contributed by atoms with Gasteiger partial charge in [-0.05, 0) is 45.6 Å². The number of carbonyl (C=O) groups is 1. The number of hydrogen-bond acceptors (Lipinski definition) is 3. The fourth-order valence-corrected chi connectivity index (χ4v) is 3.25. The number of likely N-dealkylation sites (tertiary alicyclic amines) is 1. The van der Waals surface area contributed by atoms with Crippen molar-refractivity contribution >= 4 is 5.78 Å². The molecule has 3 nitrogen and oxygen atoms in total. The summed E-state index contributed by atoms with van der Waals surface area (Å²) < 4.78 is 5.85. The van der Waals surface area contributed by atoms with E-state index < -0.39 is 0 Å². The summed E-state index contributed by atoms with van der Waals surface area (Å²) in [5.74, 6) is 0.330. The second-order valence-corrected chi connectivity index (χ2v) is 5.89. The van der Waals surface area contributed by atoms with Crippen LogP contribution in [0.2, 0.25) is 0 Å². The molecule has 104 valence electrons. The topological polar surface area (TPSA) is 29.5 Å². The SMILES string of the molecule is CC(=O)CC1CCCCCN1CC1CCCCO1. The summed E-state index contributed by atoms with van der Waals surface area (Å²) in [5.41, 5.74) is 0. The molecule has 0 radical (unpaired) electrons. The zero-order valence-electron chi connectivity index (χ0n) is 11.7. The number of Topliss-reactive ketones (excluding diaryl/α,β-unsaturated/α-hetero) is 1. The number of hydrogen-bond donors (Lipinski definition) is 0. The van der Waals surface area contributed by atoms with Crippen LogP contribution in [0.4, 0.5) is 0 Å². The van der Waals surface area contributed by atoms with Gasteiger partial charge >= 0.3 is 0 Å². The van der Waals surface area contributed by atoms with Crippen molar-refractivity contribution in [3.8, 4) is 0 Å². The van der Waals surface area contributed by atoms with Gasteiger partial charge in [0.05, 0.1) is 6.10 Å². The van der Waals surface area contributed by atoms with Crippen LogP contribution in [0.25, 0.3) is 0 Å². The molecule has 0 spiro atoms. The summed E-state index contributed by atoms with van der Waals surface area (Å²) in [6.45, 7) is 4.84. The van der Waals surface area contributed by atoms with Crippen LogP contribution in [0.3, 0.4) is 0 Å². The summed E-state index contributed by atoms with van der Waals surface area (Å²) in [5, 5.41) is 0. The standard InChI is InChI=1S/C15H27NO2/c1-13(17)11-14-7-3-2-5-9-16(14)12-15-8-4-6-10-18-15/h14-15H,2-12H2,1H3. The molecule has 2 unspecified atom stereocenters. The maximum Gasteiger partial charge on any atom is 0.131 e. The monoisotopic (exact) mass is 253 g/mol. The molecule has 0 aromatic carbocycles. The molecule has 0 saturated carbocycles. The minimum absolute atomic E-state index is 0.330. The normalized spacial score (nSPS) is 30.9. The first-order valence-corrected chi connectivity index (χ1v) is 7.61. The molecule has 0 aliphatic carbocycles. The van der Waals surface area contributed by atoms with Gasteiger partial charge in [-0.1, -0.05) is 12.8 Å². The van der Waals surface area contributed by atoms with Crippen LogP contribution in [-0.2, 0) is 9.53 Å². The summed E-state index contributed by atoms with van der Waals surface area (Å²) in [7, 11) is 0. The van der Waals surface area contributed by atoms with E-state index in [1.165, 1.54) is 44.9 Å². The van der Waals surface area contributed by atoms with Crippen molar-refractivity contribution in [2.75, 3.05) is 19.7 Å². The first-order chi connectivity index (χ1) is 8.75. The van der Waals surface area contributed by atoms with Crippen LogP contribution in [0.5, 0.6) is 0 Å². The molecule has 18 heavy (non-hydrogen) atoms. The van der Waals surface area contributed by atoms with Crippen molar-refractivity contribution in [2.45, 2.75) is 70.4 Å². The molecule has 2 aliphatic heterocycles. The first kappa shape index (κ1) is 14.0. The lowest BCUT2D eigenvalue weighted by Crippen LogP contribution is -2.42. The minimum Gasteiger partial charge on any atom is -0.377 e. The number of carbonyl (C=O) groups excluding carboxylic acids is 1. The summed E-state index contributed by atoms with van der Waals surface area (Å²) in [6, 6.07) is 0.468. The third-order valence-electron chi connectivity index (χ3n) is 4.23. The second kappa shape index (κ2) is 7.25. The lowest BCUT2D eigenvalue weighted by Gasteiger charge is -2.34. The van der Waals surface area contributed by atoms with E-state index in [0.29, 0.717) is 17.9 Å². The second-order valence-electron chi connectivity index (χ2n) is 5.89. The highest BCUT2D eigenvalue weighted by Crippen LogP contribution is 2.22. The van der Waals surface area contributed by atoms with Crippen LogP contribution in [0.15, 0.2) is 0 Å². The Balaban J connectivity index is 1.89. The van der Waals surface area contributed by atoms with Gasteiger partial charge in [-0.3, -0.25) is 9.69 Å². The van der Waals surface area contributed by atoms with Crippen LogP contribution >= 0.6 is 0 Å². The number of nitrogens with zero attached hydrogens (tertiary/aromatic N) is 1. The Kier molecular flexibility index (Phi) is 5.64. The summed E-state index contributed by atoms with van der Waals surface area (Å²) in [4.78, 5) is 13.9. The van der Waals surface area contributed by atoms with Crippen molar-refractivity contribution < 1.29 is 9.53 Å². The van der Waals surface area contributed by atoms with Gasteiger partial charge < -0.3 is 4.74 Å². The Morgan fingerprint density at radius 1 is 1.17 bits per heavy atom. The maximum absolute atomic E-state index is 11.4. The molecule has 2 fully saturated rings. The molecule has 0 N–H and O–H groups in total. The van der Waals surface area contributed by atoms with E-state index in [1.54, 1.807) is 6.92 Å². The highest BCUT2D eigenvalue weighted by Gasteiger charge is 2.25. The molecule has 0 aromatic rings. The summed E-state index contributed by atoms with van der Waals surface area (Å²) in [6.07, 6.45) is 9.91. The van der Waals surface area contributed by atoms with Gasteiger partial charge in [0.25, 0.3) is 0 Å². The molecule has 3 heteroatoms. The van der Waals surface area contributed by atoms with Gasteiger partial charge in [-0.2, -0.15) is 0 Å². The predicted octanol–water partition coefficient (Wildman–Crippen LogP) is 2.78. The van der Waals surface area contributed by atoms with Gasteiger partial charge in [0.2, 0.25) is 0 Å². The van der Waals surface area contributed by atoms with E-state index in [0.717, 1.165) is 26.1 Å². The third kappa shape index (κ3) is 4.36. The maximum atomic E-state index is 11.4. The number of ketones is 1. The Morgan fingerprint density at radius 3 is 2.72 bits per heavy atom. The Morgan fingerprint density at radius 2 is 2.00 bits per heavy atom. The Hall–Kier alpha value is -0.410. The quantitative estimate of drug-likeness (QED) is 0.771. The molecule has 0 bridgehead atoms. The zero-order chi connectivity index (χ0) is 12.8. The highest BCUT2D eigenvalue weighted by atomic mass is 16.5.